The molecule has 2 rings (SSSR count). The Morgan fingerprint density at radius 3 is 2.13 bits per heavy atom. The molecule has 2 amide bonds. The molecule has 0 aliphatic rings. The minimum atomic E-state index is -0.808. The molecule has 0 unspecified atom stereocenters. The Morgan fingerprint density at radius 1 is 0.933 bits per heavy atom. The van der Waals surface area contributed by atoms with Gasteiger partial charge in [0.15, 0.2) is 5.78 Å². The van der Waals surface area contributed by atoms with Gasteiger partial charge in [-0.15, -0.1) is 0 Å². The number of nitrogens with one attached hydrogen (secondary N) is 2. The zero-order valence-electron chi connectivity index (χ0n) is 18.2. The van der Waals surface area contributed by atoms with E-state index >= 15 is 0 Å². The predicted molar refractivity (Wildman–Crippen MR) is 118 cm³/mol. The van der Waals surface area contributed by atoms with Crippen LogP contribution in [0.15, 0.2) is 54.6 Å². The number of hydrogen-bond acceptors (Lipinski definition) is 4. The molecule has 0 saturated heterocycles. The summed E-state index contributed by atoms with van der Waals surface area (Å²) in [5.74, 6) is -0.682. The summed E-state index contributed by atoms with van der Waals surface area (Å²) < 4.78 is 5.26. The lowest BCUT2D eigenvalue weighted by molar-refractivity contribution is -0.119. The fourth-order valence-electron chi connectivity index (χ4n) is 2.89. The molecule has 0 radical (unpaired) electrons. The molecule has 2 N–H and O–H groups in total. The monoisotopic (exact) mass is 410 g/mol. The van der Waals surface area contributed by atoms with E-state index in [2.05, 4.69) is 10.6 Å². The van der Waals surface area contributed by atoms with Crippen LogP contribution in [0.3, 0.4) is 0 Å². The Morgan fingerprint density at radius 2 is 1.53 bits per heavy atom. The number of hydrogen-bond donors (Lipinski definition) is 2. The van der Waals surface area contributed by atoms with E-state index in [4.69, 9.17) is 4.74 Å². The van der Waals surface area contributed by atoms with Crippen LogP contribution >= 0.6 is 0 Å². The molecule has 0 aliphatic heterocycles. The number of ketones is 1. The van der Waals surface area contributed by atoms with Crippen LogP contribution in [0.4, 0.5) is 10.5 Å². The molecule has 0 heterocycles. The molecule has 0 fully saturated rings. The SMILES string of the molecule is CC(C)[C@@H](NC(=O)OC(C)(C)C)C(=O)Nc1ccccc1C(=O)Cc1ccccc1. The smallest absolute Gasteiger partial charge is 0.408 e. The van der Waals surface area contributed by atoms with Crippen molar-refractivity contribution in [2.24, 2.45) is 5.92 Å². The van der Waals surface area contributed by atoms with Gasteiger partial charge in [0.1, 0.15) is 11.6 Å². The van der Waals surface area contributed by atoms with E-state index in [-0.39, 0.29) is 18.1 Å². The van der Waals surface area contributed by atoms with Gasteiger partial charge in [-0.3, -0.25) is 9.59 Å². The van der Waals surface area contributed by atoms with Crippen LogP contribution in [0.1, 0.15) is 50.5 Å². The van der Waals surface area contributed by atoms with Gasteiger partial charge in [0.25, 0.3) is 0 Å². The lowest BCUT2D eigenvalue weighted by Gasteiger charge is -2.25. The summed E-state index contributed by atoms with van der Waals surface area (Å²) in [4.78, 5) is 37.9. The second-order valence-corrected chi connectivity index (χ2v) is 8.49. The molecular formula is C24H30N2O4. The number of para-hydroxylation sites is 1. The third-order valence-corrected chi connectivity index (χ3v) is 4.31. The number of rotatable bonds is 7. The zero-order valence-corrected chi connectivity index (χ0v) is 18.2. The van der Waals surface area contributed by atoms with Gasteiger partial charge in [-0.25, -0.2) is 4.79 Å². The number of alkyl carbamates (subject to hydrolysis) is 1. The van der Waals surface area contributed by atoms with E-state index in [0.29, 0.717) is 11.3 Å². The Hall–Kier alpha value is -3.15. The van der Waals surface area contributed by atoms with Gasteiger partial charge in [0, 0.05) is 12.0 Å². The van der Waals surface area contributed by atoms with Crippen LogP contribution in [0, 0.1) is 5.92 Å². The van der Waals surface area contributed by atoms with Gasteiger partial charge < -0.3 is 15.4 Å². The summed E-state index contributed by atoms with van der Waals surface area (Å²) in [7, 11) is 0. The molecule has 6 heteroatoms. The third-order valence-electron chi connectivity index (χ3n) is 4.31. The summed E-state index contributed by atoms with van der Waals surface area (Å²) >= 11 is 0. The molecule has 0 aromatic heterocycles. The first-order chi connectivity index (χ1) is 14.1. The molecule has 6 nitrogen and oxygen atoms in total. The number of Topliss-reactive ketones (excluding diaryl/α,β-unsaturated/α-hetero) is 1. The highest BCUT2D eigenvalue weighted by atomic mass is 16.6. The average molecular weight is 411 g/mol. The molecule has 160 valence electrons. The minimum absolute atomic E-state index is 0.0988. The zero-order chi connectivity index (χ0) is 22.3. The van der Waals surface area contributed by atoms with Crippen molar-refractivity contribution < 1.29 is 19.1 Å². The number of ether oxygens (including phenoxy) is 1. The standard InChI is InChI=1S/C24H30N2O4/c1-16(2)21(26-23(29)30-24(3,4)5)22(28)25-19-14-10-9-13-18(19)20(27)15-17-11-7-6-8-12-17/h6-14,16,21H,15H2,1-5H3,(H,25,28)(H,26,29)/t21-/m1/s1. The van der Waals surface area contributed by atoms with Crippen molar-refractivity contribution >= 4 is 23.5 Å². The minimum Gasteiger partial charge on any atom is -0.444 e. The molecular weight excluding hydrogens is 380 g/mol. The summed E-state index contributed by atoms with van der Waals surface area (Å²) in [6.07, 6.45) is -0.429. The van der Waals surface area contributed by atoms with Crippen molar-refractivity contribution in [2.45, 2.75) is 52.7 Å². The average Bonchev–Trinajstić information content (AvgIpc) is 2.65. The van der Waals surface area contributed by atoms with Crippen LogP contribution in [-0.2, 0) is 16.0 Å². The Labute approximate surface area is 178 Å². The molecule has 1 atom stereocenters. The van der Waals surface area contributed by atoms with E-state index in [0.717, 1.165) is 5.56 Å². The quantitative estimate of drug-likeness (QED) is 0.654. The van der Waals surface area contributed by atoms with Crippen LogP contribution in [0.25, 0.3) is 0 Å². The van der Waals surface area contributed by atoms with E-state index in [1.54, 1.807) is 45.0 Å². The van der Waals surface area contributed by atoms with E-state index < -0.39 is 23.6 Å². The van der Waals surface area contributed by atoms with E-state index in [1.165, 1.54) is 0 Å². The Kier molecular flexibility index (Phi) is 7.75. The van der Waals surface area contributed by atoms with Gasteiger partial charge in [0.05, 0.1) is 5.69 Å². The molecule has 0 saturated carbocycles. The van der Waals surface area contributed by atoms with Crippen LogP contribution in [0.5, 0.6) is 0 Å². The van der Waals surface area contributed by atoms with Crippen LogP contribution in [0.2, 0.25) is 0 Å². The van der Waals surface area contributed by atoms with Gasteiger partial charge >= 0.3 is 6.09 Å². The number of carbonyl (C=O) groups is 3. The maximum atomic E-state index is 12.9. The van der Waals surface area contributed by atoms with E-state index in [9.17, 15) is 14.4 Å². The number of benzene rings is 2. The van der Waals surface area contributed by atoms with Gasteiger partial charge in [-0.1, -0.05) is 56.3 Å². The van der Waals surface area contributed by atoms with Crippen LogP contribution in [-0.4, -0.2) is 29.4 Å². The first-order valence-corrected chi connectivity index (χ1v) is 10.0. The van der Waals surface area contributed by atoms with Crippen LogP contribution < -0.4 is 10.6 Å². The van der Waals surface area contributed by atoms with E-state index in [1.807, 2.05) is 44.2 Å². The fourth-order valence-corrected chi connectivity index (χ4v) is 2.89. The molecule has 0 bridgehead atoms. The molecule has 30 heavy (non-hydrogen) atoms. The largest absolute Gasteiger partial charge is 0.444 e. The van der Waals surface area contributed by atoms with Gasteiger partial charge in [-0.05, 0) is 44.4 Å². The lowest BCUT2D eigenvalue weighted by Crippen LogP contribution is -2.48. The van der Waals surface area contributed by atoms with Crippen molar-refractivity contribution in [3.05, 3.63) is 65.7 Å². The van der Waals surface area contributed by atoms with Crippen molar-refractivity contribution in [1.29, 1.82) is 0 Å². The third kappa shape index (κ3) is 7.03. The highest BCUT2D eigenvalue weighted by Gasteiger charge is 2.27. The summed E-state index contributed by atoms with van der Waals surface area (Å²) in [6, 6.07) is 15.5. The highest BCUT2D eigenvalue weighted by molar-refractivity contribution is 6.06. The molecule has 0 aliphatic carbocycles. The summed E-state index contributed by atoms with van der Waals surface area (Å²) in [5.41, 5.74) is 1.07. The van der Waals surface area contributed by atoms with Gasteiger partial charge in [-0.2, -0.15) is 0 Å². The number of anilines is 1. The Bertz CT molecular complexity index is 886. The first kappa shape index (κ1) is 23.1. The molecule has 0 spiro atoms. The normalized spacial score (nSPS) is 12.2. The predicted octanol–water partition coefficient (Wildman–Crippen LogP) is 4.60. The first-order valence-electron chi connectivity index (χ1n) is 10.0. The van der Waals surface area contributed by atoms with Crippen molar-refractivity contribution in [3.63, 3.8) is 0 Å². The van der Waals surface area contributed by atoms with Crippen molar-refractivity contribution in [1.82, 2.24) is 5.32 Å². The maximum Gasteiger partial charge on any atom is 0.408 e. The Balaban J connectivity index is 2.14. The maximum absolute atomic E-state index is 12.9. The molecule has 2 aromatic rings. The number of carbonyl (C=O) groups excluding carboxylic acids is 3. The summed E-state index contributed by atoms with van der Waals surface area (Å²) in [6.45, 7) is 8.92. The van der Waals surface area contributed by atoms with Crippen molar-refractivity contribution in [2.75, 3.05) is 5.32 Å². The second kappa shape index (κ2) is 10.1. The number of amides is 2. The molecule has 2 aromatic carbocycles. The van der Waals surface area contributed by atoms with Crippen molar-refractivity contribution in [3.8, 4) is 0 Å². The fraction of sp³-hybridized carbons (Fsp3) is 0.375. The summed E-state index contributed by atoms with van der Waals surface area (Å²) in [5, 5.41) is 5.42. The van der Waals surface area contributed by atoms with Gasteiger partial charge in [0.2, 0.25) is 5.91 Å². The second-order valence-electron chi connectivity index (χ2n) is 8.49. The topological polar surface area (TPSA) is 84.5 Å². The highest BCUT2D eigenvalue weighted by Crippen LogP contribution is 2.19. The lowest BCUT2D eigenvalue weighted by atomic mass is 10.00.